The molecule has 4 heteroatoms. The first-order chi connectivity index (χ1) is 12.7. The molecule has 26 heavy (non-hydrogen) atoms. The van der Waals surface area contributed by atoms with Crippen molar-refractivity contribution in [2.45, 2.75) is 13.5 Å². The van der Waals surface area contributed by atoms with Crippen LogP contribution in [0.5, 0.6) is 11.5 Å². The van der Waals surface area contributed by atoms with E-state index in [2.05, 4.69) is 0 Å². The Labute approximate surface area is 155 Å². The summed E-state index contributed by atoms with van der Waals surface area (Å²) in [7, 11) is 1.95. The molecule has 0 aliphatic heterocycles. The Morgan fingerprint density at radius 3 is 2.31 bits per heavy atom. The second kappa shape index (κ2) is 8.64. The van der Waals surface area contributed by atoms with Crippen LogP contribution in [-0.2, 0) is 6.61 Å². The van der Waals surface area contributed by atoms with E-state index in [-0.39, 0.29) is 5.78 Å². The number of methoxy groups -OCH3 is 1. The highest BCUT2D eigenvalue weighted by atomic mass is 31.1. The third-order valence-electron chi connectivity index (χ3n) is 4.00. The second-order valence-corrected chi connectivity index (χ2v) is 7.17. The van der Waals surface area contributed by atoms with Crippen LogP contribution in [-0.4, -0.2) is 12.9 Å². The topological polar surface area (TPSA) is 35.5 Å². The minimum absolute atomic E-state index is 0.0720. The molecule has 3 aromatic rings. The Morgan fingerprint density at radius 1 is 0.885 bits per heavy atom. The first-order valence-corrected chi connectivity index (χ1v) is 9.39. The third kappa shape index (κ3) is 4.30. The zero-order valence-electron chi connectivity index (χ0n) is 14.9. The summed E-state index contributed by atoms with van der Waals surface area (Å²) >= 11 is 0. The highest BCUT2D eigenvalue weighted by molar-refractivity contribution is 7.56. The Kier molecular flexibility index (Phi) is 6.04. The molecule has 0 saturated heterocycles. The van der Waals surface area contributed by atoms with Crippen LogP contribution >= 0.6 is 8.58 Å². The number of Topliss-reactive ketones (excluding diaryl/α,β-unsaturated/α-hetero) is 1. The van der Waals surface area contributed by atoms with Crippen LogP contribution in [0, 0.1) is 0 Å². The first-order valence-electron chi connectivity index (χ1n) is 8.39. The summed E-state index contributed by atoms with van der Waals surface area (Å²) in [6, 6.07) is 23.6. The van der Waals surface area contributed by atoms with Gasteiger partial charge in [0.05, 0.1) is 7.11 Å². The van der Waals surface area contributed by atoms with Crippen molar-refractivity contribution in [1.82, 2.24) is 0 Å². The van der Waals surface area contributed by atoms with Gasteiger partial charge in [-0.05, 0) is 23.9 Å². The number of hydrogen-bond donors (Lipinski definition) is 0. The molecule has 0 fully saturated rings. The van der Waals surface area contributed by atoms with E-state index in [1.165, 1.54) is 0 Å². The Hall–Kier alpha value is -2.64. The van der Waals surface area contributed by atoms with Crippen molar-refractivity contribution < 1.29 is 14.3 Å². The fraction of sp³-hybridized carbons (Fsp3) is 0.136. The fourth-order valence-corrected chi connectivity index (χ4v) is 4.05. The minimum atomic E-state index is 0.0720. The minimum Gasteiger partial charge on any atom is -0.493 e. The van der Waals surface area contributed by atoms with E-state index in [9.17, 15) is 4.79 Å². The van der Waals surface area contributed by atoms with Gasteiger partial charge in [-0.2, -0.15) is 0 Å². The molecule has 3 rings (SSSR count). The first kappa shape index (κ1) is 18.2. The van der Waals surface area contributed by atoms with Crippen molar-refractivity contribution in [2.24, 2.45) is 0 Å². The maximum Gasteiger partial charge on any atom is 0.169 e. The zero-order chi connectivity index (χ0) is 18.4. The molecule has 0 aliphatic rings. The number of carbonyl (C=O) groups excluding carboxylic acids is 1. The monoisotopic (exact) mass is 364 g/mol. The van der Waals surface area contributed by atoms with Gasteiger partial charge in [-0.1, -0.05) is 75.3 Å². The van der Waals surface area contributed by atoms with Crippen LogP contribution < -0.4 is 20.1 Å². The second-order valence-electron chi connectivity index (χ2n) is 5.84. The molecular weight excluding hydrogens is 343 g/mol. The van der Waals surface area contributed by atoms with Gasteiger partial charge in [0.1, 0.15) is 6.61 Å². The van der Waals surface area contributed by atoms with Crippen molar-refractivity contribution in [3.05, 3.63) is 83.9 Å². The quantitative estimate of drug-likeness (QED) is 0.468. The molecule has 3 aromatic carbocycles. The van der Waals surface area contributed by atoms with E-state index in [0.29, 0.717) is 20.9 Å². The van der Waals surface area contributed by atoms with Gasteiger partial charge < -0.3 is 9.47 Å². The van der Waals surface area contributed by atoms with E-state index in [1.807, 2.05) is 72.8 Å². The number of benzene rings is 3. The number of para-hydroxylation sites is 1. The smallest absolute Gasteiger partial charge is 0.169 e. The van der Waals surface area contributed by atoms with E-state index in [1.54, 1.807) is 14.0 Å². The lowest BCUT2D eigenvalue weighted by Gasteiger charge is -2.16. The molecule has 0 bridgehead atoms. The number of rotatable bonds is 7. The van der Waals surface area contributed by atoms with E-state index in [4.69, 9.17) is 9.47 Å². The molecule has 0 amide bonds. The van der Waals surface area contributed by atoms with Crippen molar-refractivity contribution in [3.8, 4) is 11.5 Å². The molecule has 0 spiro atoms. The van der Waals surface area contributed by atoms with Gasteiger partial charge >= 0.3 is 0 Å². The Morgan fingerprint density at radius 2 is 1.58 bits per heavy atom. The zero-order valence-corrected chi connectivity index (χ0v) is 15.9. The van der Waals surface area contributed by atoms with E-state index >= 15 is 0 Å². The van der Waals surface area contributed by atoms with Gasteiger partial charge in [0.25, 0.3) is 0 Å². The molecule has 0 aromatic heterocycles. The van der Waals surface area contributed by atoms with Crippen LogP contribution in [0.15, 0.2) is 72.8 Å². The van der Waals surface area contributed by atoms with Gasteiger partial charge in [0.2, 0.25) is 0 Å². The number of hydrogen-bond acceptors (Lipinski definition) is 3. The maximum atomic E-state index is 11.9. The molecule has 0 heterocycles. The van der Waals surface area contributed by atoms with Gasteiger partial charge in [-0.3, -0.25) is 4.79 Å². The molecule has 0 aliphatic carbocycles. The van der Waals surface area contributed by atoms with Gasteiger partial charge in [-0.25, -0.2) is 0 Å². The van der Waals surface area contributed by atoms with Crippen molar-refractivity contribution in [3.63, 3.8) is 0 Å². The summed E-state index contributed by atoms with van der Waals surface area (Å²) in [5, 5.41) is 2.03. The summed E-state index contributed by atoms with van der Waals surface area (Å²) in [6.45, 7) is 2.06. The van der Waals surface area contributed by atoms with E-state index < -0.39 is 0 Å². The molecular formula is C22H21O3P. The van der Waals surface area contributed by atoms with Crippen molar-refractivity contribution in [2.75, 3.05) is 7.11 Å². The predicted octanol–water partition coefficient (Wildman–Crippen LogP) is 4.11. The highest BCUT2D eigenvalue weighted by Crippen LogP contribution is 2.31. The maximum absolute atomic E-state index is 11.9. The molecule has 132 valence electrons. The third-order valence-corrected chi connectivity index (χ3v) is 5.37. The lowest BCUT2D eigenvalue weighted by Crippen LogP contribution is -2.14. The average molecular weight is 364 g/mol. The standard InChI is InChI=1S/C22H21O3P/c1-16(23)18-11-6-7-13-20(18)26-21-14-8-12-19(24-2)22(21)25-15-17-9-4-3-5-10-17/h3-14,26H,15H2,1-2H3. The molecule has 0 radical (unpaired) electrons. The number of ketones is 1. The highest BCUT2D eigenvalue weighted by Gasteiger charge is 2.14. The van der Waals surface area contributed by atoms with Crippen molar-refractivity contribution >= 4 is 25.0 Å². The SMILES string of the molecule is COc1cccc(Pc2ccccc2C(C)=O)c1OCc1ccccc1. The van der Waals surface area contributed by atoms with Crippen LogP contribution in [0.2, 0.25) is 0 Å². The lowest BCUT2D eigenvalue weighted by atomic mass is 10.1. The average Bonchev–Trinajstić information content (AvgIpc) is 2.68. The fourth-order valence-electron chi connectivity index (χ4n) is 2.70. The van der Waals surface area contributed by atoms with Gasteiger partial charge in [0, 0.05) is 10.9 Å². The van der Waals surface area contributed by atoms with Crippen LogP contribution in [0.4, 0.5) is 0 Å². The number of carbonyl (C=O) groups is 1. The molecule has 1 atom stereocenters. The predicted molar refractivity (Wildman–Crippen MR) is 108 cm³/mol. The summed E-state index contributed by atoms with van der Waals surface area (Å²) in [4.78, 5) is 11.9. The van der Waals surface area contributed by atoms with Gasteiger partial charge in [0.15, 0.2) is 17.3 Å². The molecule has 0 N–H and O–H groups in total. The lowest BCUT2D eigenvalue weighted by molar-refractivity contribution is 0.101. The van der Waals surface area contributed by atoms with Gasteiger partial charge in [-0.15, -0.1) is 0 Å². The van der Waals surface area contributed by atoms with Crippen LogP contribution in [0.1, 0.15) is 22.8 Å². The summed E-state index contributed by atoms with van der Waals surface area (Å²) < 4.78 is 11.6. The summed E-state index contributed by atoms with van der Waals surface area (Å²) in [5.74, 6) is 1.50. The van der Waals surface area contributed by atoms with E-state index in [0.717, 1.165) is 27.5 Å². The van der Waals surface area contributed by atoms with Crippen molar-refractivity contribution in [1.29, 1.82) is 0 Å². The van der Waals surface area contributed by atoms with Crippen LogP contribution in [0.3, 0.4) is 0 Å². The largest absolute Gasteiger partial charge is 0.493 e. The molecule has 1 unspecified atom stereocenters. The Bertz CT molecular complexity index is 891. The molecule has 3 nitrogen and oxygen atoms in total. The summed E-state index contributed by atoms with van der Waals surface area (Å²) in [5.41, 5.74) is 1.85. The number of ether oxygens (including phenoxy) is 2. The molecule has 0 saturated carbocycles. The Balaban J connectivity index is 1.91. The normalized spacial score (nSPS) is 10.8. The van der Waals surface area contributed by atoms with Crippen LogP contribution in [0.25, 0.3) is 0 Å². The summed E-state index contributed by atoms with van der Waals surface area (Å²) in [6.07, 6.45) is 0.